The minimum Gasteiger partial charge on any atom is -0.394 e. The SMILES string of the molecule is O=c1ccn([C@@H]2O[C@H](CO)[C@H](O)C2(F)C#CCF)c(=O)[nH]1. The lowest BCUT2D eigenvalue weighted by atomic mass is 9.96. The highest BCUT2D eigenvalue weighted by molar-refractivity contribution is 5.23. The fourth-order valence-electron chi connectivity index (χ4n) is 2.08. The van der Waals surface area contributed by atoms with E-state index in [4.69, 9.17) is 9.84 Å². The second-order valence-electron chi connectivity index (χ2n) is 4.38. The van der Waals surface area contributed by atoms with Crippen molar-refractivity contribution in [2.75, 3.05) is 13.3 Å². The normalized spacial score (nSPS) is 31.7. The number of nitrogens with one attached hydrogen (secondary N) is 1. The molecule has 0 saturated carbocycles. The Kier molecular flexibility index (Phi) is 4.22. The van der Waals surface area contributed by atoms with Gasteiger partial charge in [-0.1, -0.05) is 11.8 Å². The van der Waals surface area contributed by atoms with Gasteiger partial charge in [0.25, 0.3) is 5.56 Å². The number of aromatic amines is 1. The van der Waals surface area contributed by atoms with Crippen LogP contribution in [-0.4, -0.2) is 50.9 Å². The van der Waals surface area contributed by atoms with E-state index in [0.717, 1.165) is 12.3 Å². The lowest BCUT2D eigenvalue weighted by Crippen LogP contribution is -2.45. The molecule has 1 aliphatic heterocycles. The Morgan fingerprint density at radius 3 is 2.81 bits per heavy atom. The second kappa shape index (κ2) is 5.77. The summed E-state index contributed by atoms with van der Waals surface area (Å²) in [5.41, 5.74) is -4.49. The first-order valence-electron chi connectivity index (χ1n) is 5.94. The fraction of sp³-hybridized carbons (Fsp3) is 0.500. The first-order valence-corrected chi connectivity index (χ1v) is 5.94. The van der Waals surface area contributed by atoms with Crippen LogP contribution in [-0.2, 0) is 4.74 Å². The van der Waals surface area contributed by atoms with Gasteiger partial charge in [0.2, 0.25) is 5.67 Å². The highest BCUT2D eigenvalue weighted by Crippen LogP contribution is 2.40. The van der Waals surface area contributed by atoms with Crippen molar-refractivity contribution in [3.63, 3.8) is 0 Å². The van der Waals surface area contributed by atoms with Crippen LogP contribution in [0.4, 0.5) is 8.78 Å². The molecule has 2 rings (SSSR count). The molecule has 9 heteroatoms. The predicted octanol–water partition coefficient (Wildman–Crippen LogP) is -1.53. The molecule has 0 aromatic carbocycles. The summed E-state index contributed by atoms with van der Waals surface area (Å²) in [5.74, 6) is 3.72. The summed E-state index contributed by atoms with van der Waals surface area (Å²) in [6.07, 6.45) is -3.99. The van der Waals surface area contributed by atoms with Crippen molar-refractivity contribution in [2.45, 2.75) is 24.1 Å². The maximum absolute atomic E-state index is 14.9. The summed E-state index contributed by atoms with van der Waals surface area (Å²) in [7, 11) is 0. The second-order valence-corrected chi connectivity index (χ2v) is 4.38. The van der Waals surface area contributed by atoms with Crippen molar-refractivity contribution >= 4 is 0 Å². The summed E-state index contributed by atoms with van der Waals surface area (Å²) in [6, 6.07) is 0.951. The van der Waals surface area contributed by atoms with Gasteiger partial charge in [-0.3, -0.25) is 14.3 Å². The van der Waals surface area contributed by atoms with E-state index >= 15 is 0 Å². The molecule has 0 bridgehead atoms. The third kappa shape index (κ3) is 2.61. The van der Waals surface area contributed by atoms with Crippen LogP contribution in [0.25, 0.3) is 0 Å². The van der Waals surface area contributed by atoms with E-state index < -0.39 is 48.6 Å². The van der Waals surface area contributed by atoms with Crippen molar-refractivity contribution in [3.8, 4) is 11.8 Å². The first kappa shape index (κ1) is 15.4. The topological polar surface area (TPSA) is 105 Å². The molecule has 1 fully saturated rings. The Labute approximate surface area is 116 Å². The zero-order valence-corrected chi connectivity index (χ0v) is 10.6. The third-order valence-electron chi connectivity index (χ3n) is 3.08. The number of ether oxygens (including phenoxy) is 1. The zero-order valence-electron chi connectivity index (χ0n) is 10.6. The molecule has 0 radical (unpaired) electrons. The van der Waals surface area contributed by atoms with Crippen LogP contribution in [0.3, 0.4) is 0 Å². The van der Waals surface area contributed by atoms with Gasteiger partial charge >= 0.3 is 5.69 Å². The Morgan fingerprint density at radius 1 is 1.52 bits per heavy atom. The van der Waals surface area contributed by atoms with Crippen molar-refractivity contribution in [1.82, 2.24) is 9.55 Å². The number of hydrogen-bond donors (Lipinski definition) is 3. The number of H-pyrrole nitrogens is 1. The van der Waals surface area contributed by atoms with Gasteiger partial charge in [-0.15, -0.1) is 0 Å². The highest BCUT2D eigenvalue weighted by atomic mass is 19.1. The Morgan fingerprint density at radius 2 is 2.24 bits per heavy atom. The van der Waals surface area contributed by atoms with Crippen LogP contribution in [0.2, 0.25) is 0 Å². The average molecular weight is 302 g/mol. The molecule has 1 unspecified atom stereocenters. The van der Waals surface area contributed by atoms with Gasteiger partial charge < -0.3 is 14.9 Å². The monoisotopic (exact) mass is 302 g/mol. The van der Waals surface area contributed by atoms with Gasteiger partial charge in [-0.25, -0.2) is 13.6 Å². The summed E-state index contributed by atoms with van der Waals surface area (Å²) < 4.78 is 32.8. The van der Waals surface area contributed by atoms with E-state index in [1.54, 1.807) is 0 Å². The fourth-order valence-corrected chi connectivity index (χ4v) is 2.08. The highest BCUT2D eigenvalue weighted by Gasteiger charge is 2.57. The summed E-state index contributed by atoms with van der Waals surface area (Å²) in [6.45, 7) is -1.88. The molecule has 114 valence electrons. The van der Waals surface area contributed by atoms with E-state index in [0.29, 0.717) is 4.57 Å². The number of alkyl halides is 2. The van der Waals surface area contributed by atoms with Crippen LogP contribution in [0.1, 0.15) is 6.23 Å². The zero-order chi connectivity index (χ0) is 15.6. The van der Waals surface area contributed by atoms with Gasteiger partial charge in [0.1, 0.15) is 18.9 Å². The molecule has 4 atom stereocenters. The van der Waals surface area contributed by atoms with Crippen molar-refractivity contribution in [3.05, 3.63) is 33.1 Å². The third-order valence-corrected chi connectivity index (χ3v) is 3.08. The maximum atomic E-state index is 14.9. The number of rotatable bonds is 2. The van der Waals surface area contributed by atoms with Crippen molar-refractivity contribution in [1.29, 1.82) is 0 Å². The smallest absolute Gasteiger partial charge is 0.330 e. The molecule has 0 amide bonds. The first-order chi connectivity index (χ1) is 9.93. The lowest BCUT2D eigenvalue weighted by Gasteiger charge is -2.23. The van der Waals surface area contributed by atoms with Crippen LogP contribution in [0, 0.1) is 11.8 Å². The molecule has 1 saturated heterocycles. The molecule has 21 heavy (non-hydrogen) atoms. The number of nitrogens with zero attached hydrogens (tertiary/aromatic N) is 1. The number of halogens is 2. The van der Waals surface area contributed by atoms with Gasteiger partial charge in [0.15, 0.2) is 6.23 Å². The Hall–Kier alpha value is -2.02. The van der Waals surface area contributed by atoms with Crippen LogP contribution in [0.15, 0.2) is 21.9 Å². The van der Waals surface area contributed by atoms with Gasteiger partial charge in [0.05, 0.1) is 6.61 Å². The minimum atomic E-state index is -2.80. The van der Waals surface area contributed by atoms with Crippen molar-refractivity contribution in [2.24, 2.45) is 0 Å². The van der Waals surface area contributed by atoms with Crippen LogP contribution >= 0.6 is 0 Å². The number of aliphatic hydroxyl groups is 2. The summed E-state index contributed by atoms with van der Waals surface area (Å²) >= 11 is 0. The van der Waals surface area contributed by atoms with E-state index in [2.05, 4.69) is 0 Å². The number of hydrogen-bond acceptors (Lipinski definition) is 5. The number of aliphatic hydroxyl groups excluding tert-OH is 2. The van der Waals surface area contributed by atoms with E-state index in [1.807, 2.05) is 16.8 Å². The maximum Gasteiger partial charge on any atom is 0.330 e. The molecule has 1 aromatic rings. The summed E-state index contributed by atoms with van der Waals surface area (Å²) in [4.78, 5) is 24.6. The van der Waals surface area contributed by atoms with Crippen molar-refractivity contribution < 1.29 is 23.7 Å². The number of aromatic nitrogens is 2. The molecule has 7 nitrogen and oxygen atoms in total. The van der Waals surface area contributed by atoms with E-state index in [-0.39, 0.29) is 0 Å². The molecular formula is C12H12F2N2O5. The molecule has 0 aliphatic carbocycles. The summed E-state index contributed by atoms with van der Waals surface area (Å²) in [5, 5.41) is 18.9. The largest absolute Gasteiger partial charge is 0.394 e. The van der Waals surface area contributed by atoms with Gasteiger partial charge in [-0.05, 0) is 0 Å². The van der Waals surface area contributed by atoms with Gasteiger partial charge in [0, 0.05) is 12.3 Å². The van der Waals surface area contributed by atoms with E-state index in [1.165, 1.54) is 0 Å². The van der Waals surface area contributed by atoms with Crippen LogP contribution < -0.4 is 11.2 Å². The minimum absolute atomic E-state index is 0.674. The van der Waals surface area contributed by atoms with Crippen LogP contribution in [0.5, 0.6) is 0 Å². The molecule has 0 spiro atoms. The standard InChI is InChI=1S/C12H12F2N2O5/c13-4-1-3-12(14)9(19)7(6-17)21-10(12)16-5-2-8(18)15-11(16)20/h2,5,7,9-10,17,19H,4,6H2,(H,15,18,20)/t7-,9+,10-,12?/m1/s1. The van der Waals surface area contributed by atoms with Gasteiger partial charge in [-0.2, -0.15) is 0 Å². The predicted molar refractivity (Wildman–Crippen MR) is 65.9 cm³/mol. The Bertz CT molecular complexity index is 691. The molecule has 3 N–H and O–H groups in total. The molecule has 1 aliphatic rings. The average Bonchev–Trinajstić information content (AvgIpc) is 2.70. The van der Waals surface area contributed by atoms with E-state index in [9.17, 15) is 23.5 Å². The Balaban J connectivity index is 2.53. The molecule has 2 heterocycles. The lowest BCUT2D eigenvalue weighted by molar-refractivity contribution is -0.0543. The molecule has 1 aromatic heterocycles. The molecular weight excluding hydrogens is 290 g/mol. The quantitative estimate of drug-likeness (QED) is 0.575.